The van der Waals surface area contributed by atoms with E-state index >= 15 is 0 Å². The summed E-state index contributed by atoms with van der Waals surface area (Å²) in [6.07, 6.45) is 1.93. The van der Waals surface area contributed by atoms with Gasteiger partial charge in [-0.2, -0.15) is 0 Å². The molecular weight excluding hydrogens is 172 g/mol. The molecule has 0 aliphatic heterocycles. The summed E-state index contributed by atoms with van der Waals surface area (Å²) in [5.41, 5.74) is 1.23. The van der Waals surface area contributed by atoms with E-state index in [0.29, 0.717) is 0 Å². The molecule has 0 bridgehead atoms. The largest absolute Gasteiger partial charge is 0.362 e. The first-order valence-electron chi connectivity index (χ1n) is 4.72. The third-order valence-corrected chi connectivity index (χ3v) is 2.40. The first kappa shape index (κ1) is 9.00. The lowest BCUT2D eigenvalue weighted by Gasteiger charge is -2.14. The van der Waals surface area contributed by atoms with E-state index in [0.717, 1.165) is 5.82 Å². The van der Waals surface area contributed by atoms with Gasteiger partial charge in [-0.1, -0.05) is 24.3 Å². The molecule has 2 nitrogen and oxygen atoms in total. The molecule has 0 fully saturated rings. The van der Waals surface area contributed by atoms with E-state index in [4.69, 9.17) is 0 Å². The Morgan fingerprint density at radius 2 is 1.71 bits per heavy atom. The van der Waals surface area contributed by atoms with Crippen molar-refractivity contribution < 1.29 is 0 Å². The molecule has 72 valence electrons. The number of nitrogens with zero attached hydrogens (tertiary/aromatic N) is 2. The van der Waals surface area contributed by atoms with Crippen molar-refractivity contribution in [3.63, 3.8) is 0 Å². The van der Waals surface area contributed by atoms with Crippen LogP contribution in [0.5, 0.6) is 0 Å². The minimum Gasteiger partial charge on any atom is -0.362 e. The summed E-state index contributed by atoms with van der Waals surface area (Å²) >= 11 is 0. The van der Waals surface area contributed by atoms with Crippen molar-refractivity contribution in [1.29, 1.82) is 0 Å². The minimum absolute atomic E-state index is 1.03. The Morgan fingerprint density at radius 3 is 2.36 bits per heavy atom. The maximum Gasteiger partial charge on any atom is 0.135 e. The molecule has 0 spiro atoms. The minimum atomic E-state index is 1.03. The van der Waals surface area contributed by atoms with Crippen molar-refractivity contribution in [1.82, 2.24) is 4.98 Å². The lowest BCUT2D eigenvalue weighted by atomic mass is 10.1. The summed E-state index contributed by atoms with van der Waals surface area (Å²) in [4.78, 5) is 6.48. The number of benzene rings is 1. The second-order valence-electron chi connectivity index (χ2n) is 3.70. The molecule has 0 radical (unpaired) electrons. The molecule has 2 rings (SSSR count). The van der Waals surface area contributed by atoms with Gasteiger partial charge < -0.3 is 4.90 Å². The standard InChI is InChI=1S/C12H14N2/c1-9-8-13-12(14(2)3)11-7-5-4-6-10(9)11/h4-8H,1-3H3. The second-order valence-corrected chi connectivity index (χ2v) is 3.70. The fourth-order valence-electron chi connectivity index (χ4n) is 1.68. The molecule has 0 aliphatic rings. The average Bonchev–Trinajstić information content (AvgIpc) is 2.18. The maximum atomic E-state index is 4.43. The quantitative estimate of drug-likeness (QED) is 0.680. The molecule has 2 aromatic rings. The number of hydrogen-bond donors (Lipinski definition) is 0. The highest BCUT2D eigenvalue weighted by Crippen LogP contribution is 2.24. The van der Waals surface area contributed by atoms with Gasteiger partial charge >= 0.3 is 0 Å². The number of pyridine rings is 1. The summed E-state index contributed by atoms with van der Waals surface area (Å²) < 4.78 is 0. The Morgan fingerprint density at radius 1 is 1.07 bits per heavy atom. The average molecular weight is 186 g/mol. The van der Waals surface area contributed by atoms with E-state index in [-0.39, 0.29) is 0 Å². The van der Waals surface area contributed by atoms with Crippen LogP contribution in [0, 0.1) is 6.92 Å². The SMILES string of the molecule is Cc1cnc(N(C)C)c2ccccc12. The van der Waals surface area contributed by atoms with Crippen LogP contribution in [-0.4, -0.2) is 19.1 Å². The number of anilines is 1. The summed E-state index contributed by atoms with van der Waals surface area (Å²) in [7, 11) is 4.04. The van der Waals surface area contributed by atoms with Crippen LogP contribution >= 0.6 is 0 Å². The van der Waals surface area contributed by atoms with Crippen molar-refractivity contribution in [2.45, 2.75) is 6.92 Å². The predicted molar refractivity (Wildman–Crippen MR) is 60.8 cm³/mol. The zero-order valence-electron chi connectivity index (χ0n) is 8.78. The predicted octanol–water partition coefficient (Wildman–Crippen LogP) is 2.61. The lowest BCUT2D eigenvalue weighted by Crippen LogP contribution is -2.11. The van der Waals surface area contributed by atoms with E-state index in [1.54, 1.807) is 0 Å². The molecule has 1 aromatic heterocycles. The fourth-order valence-corrected chi connectivity index (χ4v) is 1.68. The second kappa shape index (κ2) is 3.29. The number of aryl methyl sites for hydroxylation is 1. The van der Waals surface area contributed by atoms with Crippen molar-refractivity contribution in [3.8, 4) is 0 Å². The normalized spacial score (nSPS) is 10.5. The van der Waals surface area contributed by atoms with Gasteiger partial charge in [-0.25, -0.2) is 4.98 Å². The van der Waals surface area contributed by atoms with Gasteiger partial charge in [-0.15, -0.1) is 0 Å². The van der Waals surface area contributed by atoms with Gasteiger partial charge in [-0.05, 0) is 17.9 Å². The summed E-state index contributed by atoms with van der Waals surface area (Å²) in [6.45, 7) is 2.09. The highest BCUT2D eigenvalue weighted by atomic mass is 15.1. The highest BCUT2D eigenvalue weighted by molar-refractivity contribution is 5.94. The van der Waals surface area contributed by atoms with E-state index in [9.17, 15) is 0 Å². The van der Waals surface area contributed by atoms with Crippen molar-refractivity contribution >= 4 is 16.6 Å². The van der Waals surface area contributed by atoms with E-state index < -0.39 is 0 Å². The van der Waals surface area contributed by atoms with Gasteiger partial charge in [0.1, 0.15) is 5.82 Å². The van der Waals surface area contributed by atoms with Crippen LogP contribution in [0.1, 0.15) is 5.56 Å². The molecule has 0 atom stereocenters. The Balaban J connectivity index is 2.82. The fraction of sp³-hybridized carbons (Fsp3) is 0.250. The summed E-state index contributed by atoms with van der Waals surface area (Å²) in [6, 6.07) is 8.37. The van der Waals surface area contributed by atoms with Crippen LogP contribution < -0.4 is 4.90 Å². The third-order valence-electron chi connectivity index (χ3n) is 2.40. The number of rotatable bonds is 1. The molecule has 0 saturated heterocycles. The lowest BCUT2D eigenvalue weighted by molar-refractivity contribution is 1.08. The molecule has 0 amide bonds. The Labute approximate surface area is 84.2 Å². The first-order valence-corrected chi connectivity index (χ1v) is 4.72. The van der Waals surface area contributed by atoms with Crippen LogP contribution in [0.2, 0.25) is 0 Å². The zero-order valence-corrected chi connectivity index (χ0v) is 8.78. The van der Waals surface area contributed by atoms with Gasteiger partial charge in [0.25, 0.3) is 0 Å². The van der Waals surface area contributed by atoms with E-state index in [1.807, 2.05) is 25.2 Å². The molecule has 0 saturated carbocycles. The van der Waals surface area contributed by atoms with Crippen LogP contribution in [-0.2, 0) is 0 Å². The van der Waals surface area contributed by atoms with Gasteiger partial charge in [0.15, 0.2) is 0 Å². The Hall–Kier alpha value is -1.57. The molecule has 2 heteroatoms. The molecule has 0 unspecified atom stereocenters. The molecule has 1 aromatic carbocycles. The van der Waals surface area contributed by atoms with Crippen LogP contribution in [0.15, 0.2) is 30.5 Å². The first-order chi connectivity index (χ1) is 6.70. The topological polar surface area (TPSA) is 16.1 Å². The monoisotopic (exact) mass is 186 g/mol. The van der Waals surface area contributed by atoms with Crippen molar-refractivity contribution in [3.05, 3.63) is 36.0 Å². The van der Waals surface area contributed by atoms with Gasteiger partial charge in [-0.3, -0.25) is 0 Å². The number of hydrogen-bond acceptors (Lipinski definition) is 2. The van der Waals surface area contributed by atoms with Crippen LogP contribution in [0.4, 0.5) is 5.82 Å². The number of aromatic nitrogens is 1. The van der Waals surface area contributed by atoms with Crippen molar-refractivity contribution in [2.75, 3.05) is 19.0 Å². The summed E-state index contributed by atoms with van der Waals surface area (Å²) in [5, 5.41) is 2.50. The van der Waals surface area contributed by atoms with E-state index in [2.05, 4.69) is 36.2 Å². The number of fused-ring (bicyclic) bond motifs is 1. The Bertz CT molecular complexity index is 461. The van der Waals surface area contributed by atoms with Crippen molar-refractivity contribution in [2.24, 2.45) is 0 Å². The summed E-state index contributed by atoms with van der Waals surface area (Å²) in [5.74, 6) is 1.03. The molecule has 0 aliphatic carbocycles. The van der Waals surface area contributed by atoms with Crippen LogP contribution in [0.25, 0.3) is 10.8 Å². The molecule has 1 heterocycles. The highest BCUT2D eigenvalue weighted by Gasteiger charge is 2.05. The van der Waals surface area contributed by atoms with E-state index in [1.165, 1.54) is 16.3 Å². The Kier molecular flexibility index (Phi) is 2.12. The molecule has 0 N–H and O–H groups in total. The van der Waals surface area contributed by atoms with Gasteiger partial charge in [0.05, 0.1) is 0 Å². The van der Waals surface area contributed by atoms with Gasteiger partial charge in [0, 0.05) is 25.7 Å². The van der Waals surface area contributed by atoms with Gasteiger partial charge in [0.2, 0.25) is 0 Å². The van der Waals surface area contributed by atoms with Crippen LogP contribution in [0.3, 0.4) is 0 Å². The molecule has 14 heavy (non-hydrogen) atoms. The maximum absolute atomic E-state index is 4.43. The third kappa shape index (κ3) is 1.33. The smallest absolute Gasteiger partial charge is 0.135 e. The molecular formula is C12H14N2. The zero-order chi connectivity index (χ0) is 10.1.